The third-order valence-electron chi connectivity index (χ3n) is 5.64. The first-order chi connectivity index (χ1) is 15.5. The molecule has 0 bridgehead atoms. The standard InChI is InChI=1S/C24H28N2O6/c27-21(23(29)26-31)19(15-16-9-3-1-4-10-16)22(28)25-20(17-11-5-2-6-12-17)24(30)32-18-13-7-8-14-18/h1-6,9-12,18-21,27,31H,7-8,13-15H2,(H,25,28)(H,26,29)/t19-,20+,21+/m1/s1. The van der Waals surface area contributed by atoms with Crippen LogP contribution in [0, 0.1) is 5.92 Å². The minimum absolute atomic E-state index is 0.0282. The van der Waals surface area contributed by atoms with Gasteiger partial charge in [-0.2, -0.15) is 0 Å². The molecule has 1 aliphatic rings. The summed E-state index contributed by atoms with van der Waals surface area (Å²) in [6, 6.07) is 16.4. The van der Waals surface area contributed by atoms with Crippen LogP contribution in [0.2, 0.25) is 0 Å². The monoisotopic (exact) mass is 440 g/mol. The molecule has 0 radical (unpaired) electrons. The molecular weight excluding hydrogens is 412 g/mol. The predicted octanol–water partition coefficient (Wildman–Crippen LogP) is 2.05. The molecule has 2 amide bonds. The predicted molar refractivity (Wildman–Crippen MR) is 115 cm³/mol. The number of ether oxygens (including phenoxy) is 1. The van der Waals surface area contributed by atoms with Crippen LogP contribution in [0.3, 0.4) is 0 Å². The molecule has 2 aromatic carbocycles. The van der Waals surface area contributed by atoms with Crippen molar-refractivity contribution in [2.24, 2.45) is 5.92 Å². The average Bonchev–Trinajstić information content (AvgIpc) is 3.34. The molecule has 0 heterocycles. The Labute approximate surface area is 186 Å². The van der Waals surface area contributed by atoms with Gasteiger partial charge in [-0.3, -0.25) is 14.8 Å². The van der Waals surface area contributed by atoms with Crippen LogP contribution < -0.4 is 10.8 Å². The van der Waals surface area contributed by atoms with Gasteiger partial charge in [0.05, 0.1) is 5.92 Å². The fraction of sp³-hybridized carbons (Fsp3) is 0.375. The number of rotatable bonds is 9. The summed E-state index contributed by atoms with van der Waals surface area (Å²) in [5, 5.41) is 22.0. The van der Waals surface area contributed by atoms with Crippen molar-refractivity contribution >= 4 is 17.8 Å². The Hall–Kier alpha value is -3.23. The lowest BCUT2D eigenvalue weighted by molar-refractivity contribution is -0.154. The van der Waals surface area contributed by atoms with Gasteiger partial charge in [-0.25, -0.2) is 10.3 Å². The van der Waals surface area contributed by atoms with Crippen LogP contribution in [0.1, 0.15) is 42.9 Å². The molecule has 4 N–H and O–H groups in total. The number of amides is 2. The van der Waals surface area contributed by atoms with Gasteiger partial charge in [0.2, 0.25) is 5.91 Å². The highest BCUT2D eigenvalue weighted by Gasteiger charge is 2.36. The molecule has 0 aromatic heterocycles. The number of aliphatic hydroxyl groups is 1. The summed E-state index contributed by atoms with van der Waals surface area (Å²) in [6.07, 6.45) is 1.57. The SMILES string of the molecule is O=C(OC1CCCC1)[C@@H](NC(=O)[C@H](Cc1ccccc1)[C@H](O)C(=O)NO)c1ccccc1. The molecular formula is C24H28N2O6. The molecule has 3 atom stereocenters. The molecule has 0 aliphatic heterocycles. The van der Waals surface area contributed by atoms with Crippen molar-refractivity contribution in [2.75, 3.05) is 0 Å². The molecule has 3 rings (SSSR count). The van der Waals surface area contributed by atoms with Crippen LogP contribution in [-0.2, 0) is 25.5 Å². The lowest BCUT2D eigenvalue weighted by Gasteiger charge is -2.25. The van der Waals surface area contributed by atoms with Gasteiger partial charge in [0.1, 0.15) is 12.2 Å². The van der Waals surface area contributed by atoms with Gasteiger partial charge in [-0.05, 0) is 43.2 Å². The Morgan fingerprint density at radius 1 is 0.938 bits per heavy atom. The number of hydroxylamine groups is 1. The van der Waals surface area contributed by atoms with Crippen molar-refractivity contribution in [2.45, 2.75) is 50.4 Å². The summed E-state index contributed by atoms with van der Waals surface area (Å²) in [7, 11) is 0. The van der Waals surface area contributed by atoms with Gasteiger partial charge < -0.3 is 15.2 Å². The Morgan fingerprint density at radius 3 is 2.12 bits per heavy atom. The molecule has 8 nitrogen and oxygen atoms in total. The minimum Gasteiger partial charge on any atom is -0.461 e. The summed E-state index contributed by atoms with van der Waals surface area (Å²) in [6.45, 7) is 0. The van der Waals surface area contributed by atoms with Crippen molar-refractivity contribution in [1.29, 1.82) is 0 Å². The zero-order valence-electron chi connectivity index (χ0n) is 17.6. The van der Waals surface area contributed by atoms with Crippen LogP contribution in [0.15, 0.2) is 60.7 Å². The number of aliphatic hydroxyl groups excluding tert-OH is 1. The second kappa shape index (κ2) is 11.4. The number of hydrogen-bond acceptors (Lipinski definition) is 6. The maximum atomic E-state index is 13.2. The largest absolute Gasteiger partial charge is 0.461 e. The van der Waals surface area contributed by atoms with Gasteiger partial charge in [0.15, 0.2) is 6.04 Å². The topological polar surface area (TPSA) is 125 Å². The molecule has 0 unspecified atom stereocenters. The van der Waals surface area contributed by atoms with E-state index in [4.69, 9.17) is 9.94 Å². The second-order valence-electron chi connectivity index (χ2n) is 7.91. The Bertz CT molecular complexity index is 899. The highest BCUT2D eigenvalue weighted by Crippen LogP contribution is 2.25. The van der Waals surface area contributed by atoms with Crippen LogP contribution in [0.5, 0.6) is 0 Å². The van der Waals surface area contributed by atoms with E-state index in [0.717, 1.165) is 25.7 Å². The van der Waals surface area contributed by atoms with Crippen molar-refractivity contribution in [3.63, 3.8) is 0 Å². The summed E-state index contributed by atoms with van der Waals surface area (Å²) < 4.78 is 5.62. The lowest BCUT2D eigenvalue weighted by Crippen LogP contribution is -2.48. The molecule has 1 fully saturated rings. The molecule has 8 heteroatoms. The Kier molecular flexibility index (Phi) is 8.35. The van der Waals surface area contributed by atoms with E-state index in [2.05, 4.69) is 5.32 Å². The van der Waals surface area contributed by atoms with Crippen molar-refractivity contribution in [1.82, 2.24) is 10.8 Å². The lowest BCUT2D eigenvalue weighted by atomic mass is 9.92. The third-order valence-corrected chi connectivity index (χ3v) is 5.64. The smallest absolute Gasteiger partial charge is 0.333 e. The first-order valence-electron chi connectivity index (χ1n) is 10.7. The molecule has 0 spiro atoms. The van der Waals surface area contributed by atoms with Crippen LogP contribution in [-0.4, -0.2) is 40.3 Å². The molecule has 32 heavy (non-hydrogen) atoms. The van der Waals surface area contributed by atoms with Gasteiger partial charge in [-0.15, -0.1) is 0 Å². The van der Waals surface area contributed by atoms with Gasteiger partial charge in [-0.1, -0.05) is 60.7 Å². The van der Waals surface area contributed by atoms with Crippen LogP contribution in [0.4, 0.5) is 0 Å². The zero-order valence-corrected chi connectivity index (χ0v) is 17.6. The van der Waals surface area contributed by atoms with Gasteiger partial charge in [0, 0.05) is 0 Å². The number of carbonyl (C=O) groups excluding carboxylic acids is 3. The van der Waals surface area contributed by atoms with Crippen molar-refractivity contribution in [3.05, 3.63) is 71.8 Å². The Morgan fingerprint density at radius 2 is 1.53 bits per heavy atom. The maximum absolute atomic E-state index is 13.2. The van der Waals surface area contributed by atoms with Crippen LogP contribution in [0.25, 0.3) is 0 Å². The summed E-state index contributed by atoms with van der Waals surface area (Å²) >= 11 is 0. The Balaban J connectivity index is 1.82. The first kappa shape index (κ1) is 23.4. The molecule has 2 aromatic rings. The number of carbonyl (C=O) groups is 3. The first-order valence-corrected chi connectivity index (χ1v) is 10.7. The number of benzene rings is 2. The molecule has 0 saturated heterocycles. The summed E-state index contributed by atoms with van der Waals surface area (Å²) in [5.74, 6) is -3.64. The highest BCUT2D eigenvalue weighted by atomic mass is 16.5. The highest BCUT2D eigenvalue weighted by molar-refractivity contribution is 5.91. The van der Waals surface area contributed by atoms with E-state index >= 15 is 0 Å². The third kappa shape index (κ3) is 6.15. The van der Waals surface area contributed by atoms with E-state index < -0.39 is 35.8 Å². The average molecular weight is 440 g/mol. The van der Waals surface area contributed by atoms with Crippen molar-refractivity contribution in [3.8, 4) is 0 Å². The zero-order chi connectivity index (χ0) is 22.9. The molecule has 1 aliphatic carbocycles. The summed E-state index contributed by atoms with van der Waals surface area (Å²) in [4.78, 5) is 38.0. The number of esters is 1. The number of nitrogens with one attached hydrogen (secondary N) is 2. The van der Waals surface area contributed by atoms with Gasteiger partial charge >= 0.3 is 5.97 Å². The van der Waals surface area contributed by atoms with E-state index in [1.54, 1.807) is 60.7 Å². The minimum atomic E-state index is -1.82. The van der Waals surface area contributed by atoms with Gasteiger partial charge in [0.25, 0.3) is 5.91 Å². The quantitative estimate of drug-likeness (QED) is 0.269. The van der Waals surface area contributed by atoms with E-state index in [9.17, 15) is 19.5 Å². The molecule has 170 valence electrons. The van der Waals surface area contributed by atoms with E-state index in [1.165, 1.54) is 5.48 Å². The fourth-order valence-corrected chi connectivity index (χ4v) is 3.88. The number of hydrogen-bond donors (Lipinski definition) is 4. The fourth-order valence-electron chi connectivity index (χ4n) is 3.88. The van der Waals surface area contributed by atoms with Crippen LogP contribution >= 0.6 is 0 Å². The van der Waals surface area contributed by atoms with E-state index in [-0.39, 0.29) is 12.5 Å². The summed E-state index contributed by atoms with van der Waals surface area (Å²) in [5.41, 5.74) is 2.62. The van der Waals surface area contributed by atoms with Crippen molar-refractivity contribution < 1.29 is 29.4 Å². The second-order valence-corrected chi connectivity index (χ2v) is 7.91. The molecule has 1 saturated carbocycles. The van der Waals surface area contributed by atoms with E-state index in [1.807, 2.05) is 0 Å². The van der Waals surface area contributed by atoms with E-state index in [0.29, 0.717) is 11.1 Å². The maximum Gasteiger partial charge on any atom is 0.333 e. The normalized spacial score (nSPS) is 16.6.